The number of halogens is 1. The molecule has 2 bridgehead atoms. The van der Waals surface area contributed by atoms with E-state index >= 15 is 0 Å². The number of fused-ring (bicyclic) bond motifs is 4. The smallest absolute Gasteiger partial charge is 0.251 e. The molecular formula is C18H18FN3O2. The van der Waals surface area contributed by atoms with Crippen LogP contribution in [0.1, 0.15) is 25.0 Å². The summed E-state index contributed by atoms with van der Waals surface area (Å²) < 4.78 is 15.3. The summed E-state index contributed by atoms with van der Waals surface area (Å²) >= 11 is 0. The topological polar surface area (TPSA) is 55.2 Å². The second kappa shape index (κ2) is 5.54. The van der Waals surface area contributed by atoms with Gasteiger partial charge in [-0.25, -0.2) is 4.39 Å². The van der Waals surface area contributed by atoms with Gasteiger partial charge in [0.1, 0.15) is 5.82 Å². The van der Waals surface area contributed by atoms with E-state index in [1.807, 2.05) is 15.5 Å². The van der Waals surface area contributed by atoms with Gasteiger partial charge < -0.3 is 9.47 Å². The van der Waals surface area contributed by atoms with E-state index in [-0.39, 0.29) is 17.4 Å². The third kappa shape index (κ3) is 2.52. The van der Waals surface area contributed by atoms with Gasteiger partial charge in [-0.3, -0.25) is 14.6 Å². The zero-order chi connectivity index (χ0) is 16.8. The van der Waals surface area contributed by atoms with Crippen LogP contribution in [0.2, 0.25) is 0 Å². The van der Waals surface area contributed by atoms with E-state index < -0.39 is 5.82 Å². The molecule has 0 spiro atoms. The summed E-state index contributed by atoms with van der Waals surface area (Å²) in [5, 5.41) is 0. The van der Waals surface area contributed by atoms with Crippen LogP contribution in [-0.2, 0) is 11.3 Å². The highest BCUT2D eigenvalue weighted by atomic mass is 19.1. The number of hydrogen-bond donors (Lipinski definition) is 0. The summed E-state index contributed by atoms with van der Waals surface area (Å²) in [6.07, 6.45) is 3.68. The maximum absolute atomic E-state index is 13.4. The van der Waals surface area contributed by atoms with Gasteiger partial charge in [0.2, 0.25) is 5.91 Å². The average molecular weight is 327 g/mol. The molecule has 6 heteroatoms. The molecule has 2 aromatic rings. The second-order valence-corrected chi connectivity index (χ2v) is 6.73. The minimum absolute atomic E-state index is 0.0715. The van der Waals surface area contributed by atoms with Crippen LogP contribution in [0.4, 0.5) is 4.39 Å². The molecule has 2 atom stereocenters. The second-order valence-electron chi connectivity index (χ2n) is 6.73. The summed E-state index contributed by atoms with van der Waals surface area (Å²) in [6, 6.07) is 4.87. The Morgan fingerprint density at radius 3 is 2.75 bits per heavy atom. The van der Waals surface area contributed by atoms with Gasteiger partial charge in [0.05, 0.1) is 6.20 Å². The zero-order valence-corrected chi connectivity index (χ0v) is 13.4. The lowest BCUT2D eigenvalue weighted by molar-refractivity contribution is -0.131. The minimum Gasteiger partial charge on any atom is -0.342 e. The van der Waals surface area contributed by atoms with Crippen LogP contribution < -0.4 is 5.56 Å². The lowest BCUT2D eigenvalue weighted by Gasteiger charge is -2.42. The van der Waals surface area contributed by atoms with Crippen molar-refractivity contribution in [3.05, 3.63) is 52.5 Å². The molecule has 0 saturated carbocycles. The number of piperidine rings is 1. The van der Waals surface area contributed by atoms with Gasteiger partial charge in [0.25, 0.3) is 5.56 Å². The average Bonchev–Trinajstić information content (AvgIpc) is 2.55. The zero-order valence-electron chi connectivity index (χ0n) is 13.4. The molecule has 0 aromatic carbocycles. The first-order chi connectivity index (χ1) is 11.5. The number of aromatic nitrogens is 2. The lowest BCUT2D eigenvalue weighted by Crippen LogP contribution is -2.48. The molecule has 0 aliphatic carbocycles. The third-order valence-electron chi connectivity index (χ3n) is 5.04. The molecular weight excluding hydrogens is 309 g/mol. The molecule has 124 valence electrons. The van der Waals surface area contributed by atoms with Crippen LogP contribution in [0.3, 0.4) is 0 Å². The summed E-state index contributed by atoms with van der Waals surface area (Å²) in [5.41, 5.74) is 2.13. The van der Waals surface area contributed by atoms with Crippen molar-refractivity contribution in [1.82, 2.24) is 14.5 Å². The minimum atomic E-state index is -0.425. The number of carbonyl (C=O) groups is 1. The van der Waals surface area contributed by atoms with E-state index in [0.717, 1.165) is 18.3 Å². The van der Waals surface area contributed by atoms with Gasteiger partial charge in [-0.2, -0.15) is 0 Å². The summed E-state index contributed by atoms with van der Waals surface area (Å²) in [6.45, 7) is 3.57. The number of hydrogen-bond acceptors (Lipinski definition) is 3. The van der Waals surface area contributed by atoms with E-state index in [9.17, 15) is 14.0 Å². The van der Waals surface area contributed by atoms with Crippen LogP contribution >= 0.6 is 0 Å². The van der Waals surface area contributed by atoms with Crippen molar-refractivity contribution in [2.24, 2.45) is 5.92 Å². The Kier molecular flexibility index (Phi) is 3.48. The van der Waals surface area contributed by atoms with E-state index in [0.29, 0.717) is 36.7 Å². The number of amides is 1. The molecule has 0 N–H and O–H groups in total. The highest BCUT2D eigenvalue weighted by molar-refractivity contribution is 5.73. The van der Waals surface area contributed by atoms with Crippen molar-refractivity contribution < 1.29 is 9.18 Å². The molecule has 2 aromatic heterocycles. The first-order valence-electron chi connectivity index (χ1n) is 8.12. The molecule has 4 heterocycles. The normalized spacial score (nSPS) is 22.2. The summed E-state index contributed by atoms with van der Waals surface area (Å²) in [4.78, 5) is 30.0. The fraction of sp³-hybridized carbons (Fsp3) is 0.389. The van der Waals surface area contributed by atoms with Gasteiger partial charge in [0, 0.05) is 56.0 Å². The highest BCUT2D eigenvalue weighted by Crippen LogP contribution is 2.36. The Balaban J connectivity index is 1.79. The number of nitrogens with zero attached hydrogens (tertiary/aromatic N) is 3. The summed E-state index contributed by atoms with van der Waals surface area (Å²) in [7, 11) is 0. The molecule has 24 heavy (non-hydrogen) atoms. The Morgan fingerprint density at radius 2 is 2.00 bits per heavy atom. The molecule has 5 nitrogen and oxygen atoms in total. The number of likely N-dealkylation sites (tertiary alicyclic amines) is 1. The summed E-state index contributed by atoms with van der Waals surface area (Å²) in [5.74, 6) is 0.117. The van der Waals surface area contributed by atoms with E-state index in [1.165, 1.54) is 6.07 Å². The van der Waals surface area contributed by atoms with Crippen molar-refractivity contribution >= 4 is 5.91 Å². The Hall–Kier alpha value is -2.50. The molecule has 1 fully saturated rings. The van der Waals surface area contributed by atoms with Gasteiger partial charge in [-0.1, -0.05) is 0 Å². The number of pyridine rings is 2. The SMILES string of the molecule is CC(=O)N1C[C@@H]2C[C@H](C1)c1cc(-c3cncc(F)c3)cc(=O)n1C2. The number of rotatable bonds is 1. The Labute approximate surface area is 138 Å². The van der Waals surface area contributed by atoms with Crippen molar-refractivity contribution in [3.63, 3.8) is 0 Å². The fourth-order valence-electron chi connectivity index (χ4n) is 3.95. The maximum atomic E-state index is 13.4. The molecule has 2 aliphatic rings. The lowest BCUT2D eigenvalue weighted by atomic mass is 9.82. The van der Waals surface area contributed by atoms with Gasteiger partial charge in [0.15, 0.2) is 0 Å². The van der Waals surface area contributed by atoms with Crippen LogP contribution in [0.25, 0.3) is 11.1 Å². The first-order valence-corrected chi connectivity index (χ1v) is 8.12. The van der Waals surface area contributed by atoms with Gasteiger partial charge in [-0.15, -0.1) is 0 Å². The predicted octanol–water partition coefficient (Wildman–Crippen LogP) is 2.01. The van der Waals surface area contributed by atoms with Crippen LogP contribution in [0.15, 0.2) is 35.4 Å². The quantitative estimate of drug-likeness (QED) is 0.805. The molecule has 2 aliphatic heterocycles. The highest BCUT2D eigenvalue weighted by Gasteiger charge is 2.35. The van der Waals surface area contributed by atoms with Gasteiger partial charge in [-0.05, 0) is 30.0 Å². The molecule has 4 rings (SSSR count). The molecule has 0 radical (unpaired) electrons. The molecule has 0 unspecified atom stereocenters. The van der Waals surface area contributed by atoms with Crippen LogP contribution in [-0.4, -0.2) is 33.4 Å². The van der Waals surface area contributed by atoms with Crippen LogP contribution in [0.5, 0.6) is 0 Å². The van der Waals surface area contributed by atoms with E-state index in [2.05, 4.69) is 4.98 Å². The monoisotopic (exact) mass is 327 g/mol. The van der Waals surface area contributed by atoms with E-state index in [4.69, 9.17) is 0 Å². The first kappa shape index (κ1) is 15.1. The van der Waals surface area contributed by atoms with Crippen molar-refractivity contribution in [3.8, 4) is 11.1 Å². The predicted molar refractivity (Wildman–Crippen MR) is 87.0 cm³/mol. The largest absolute Gasteiger partial charge is 0.342 e. The Bertz CT molecular complexity index is 877. The van der Waals surface area contributed by atoms with Crippen LogP contribution in [0, 0.1) is 11.7 Å². The molecule has 1 amide bonds. The number of carbonyl (C=O) groups excluding carboxylic acids is 1. The Morgan fingerprint density at radius 1 is 1.17 bits per heavy atom. The fourth-order valence-corrected chi connectivity index (χ4v) is 3.95. The molecule has 1 saturated heterocycles. The van der Waals surface area contributed by atoms with E-state index in [1.54, 1.807) is 19.2 Å². The van der Waals surface area contributed by atoms with Gasteiger partial charge >= 0.3 is 0 Å². The third-order valence-corrected chi connectivity index (χ3v) is 5.04. The van der Waals surface area contributed by atoms with Crippen molar-refractivity contribution in [2.45, 2.75) is 25.8 Å². The standard InChI is InChI=1S/C18H18FN3O2/c1-11(23)21-8-12-2-15(10-21)17-4-13(5-18(24)22(17)9-12)14-3-16(19)7-20-6-14/h3-7,12,15H,2,8-10H2,1H3/t12-,15+/m0/s1. The maximum Gasteiger partial charge on any atom is 0.251 e. The van der Waals surface area contributed by atoms with Crippen molar-refractivity contribution in [2.75, 3.05) is 13.1 Å². The van der Waals surface area contributed by atoms with Crippen molar-refractivity contribution in [1.29, 1.82) is 0 Å².